The normalized spacial score (nSPS) is 10.6. The summed E-state index contributed by atoms with van der Waals surface area (Å²) in [6.45, 7) is 5.60. The number of amides is 1. The van der Waals surface area contributed by atoms with Crippen molar-refractivity contribution in [2.24, 2.45) is 0 Å². The lowest BCUT2D eigenvalue weighted by atomic mass is 10.2. The smallest absolute Gasteiger partial charge is 0.274 e. The van der Waals surface area contributed by atoms with Gasteiger partial charge in [-0.1, -0.05) is 12.1 Å². The maximum Gasteiger partial charge on any atom is 0.274 e. The van der Waals surface area contributed by atoms with E-state index in [0.717, 1.165) is 0 Å². The van der Waals surface area contributed by atoms with Crippen molar-refractivity contribution < 1.29 is 13.9 Å². The van der Waals surface area contributed by atoms with Gasteiger partial charge in [-0.05, 0) is 63.2 Å². The third kappa shape index (κ3) is 5.03. The van der Waals surface area contributed by atoms with E-state index in [1.807, 2.05) is 26.0 Å². The molecule has 7 heteroatoms. The van der Waals surface area contributed by atoms with Crippen molar-refractivity contribution in [3.63, 3.8) is 0 Å². The summed E-state index contributed by atoms with van der Waals surface area (Å²) in [5.41, 5.74) is 2.01. The molecule has 1 heterocycles. The molecule has 0 bridgehead atoms. The van der Waals surface area contributed by atoms with Crippen LogP contribution in [0.1, 0.15) is 30.0 Å². The maximum absolute atomic E-state index is 13.1. The Balaban J connectivity index is 1.81. The van der Waals surface area contributed by atoms with Crippen molar-refractivity contribution in [2.45, 2.75) is 26.9 Å². The molecule has 1 amide bonds. The van der Waals surface area contributed by atoms with Gasteiger partial charge in [0.05, 0.1) is 11.8 Å². The van der Waals surface area contributed by atoms with Gasteiger partial charge in [-0.3, -0.25) is 4.79 Å². The minimum absolute atomic E-state index is 0.0224. The van der Waals surface area contributed by atoms with Gasteiger partial charge in [-0.25, -0.2) is 14.4 Å². The summed E-state index contributed by atoms with van der Waals surface area (Å²) in [6.07, 6.45) is -0.0224. The Morgan fingerprint density at radius 3 is 2.50 bits per heavy atom. The van der Waals surface area contributed by atoms with Gasteiger partial charge in [0.15, 0.2) is 0 Å². The molecule has 144 valence electrons. The Labute approximate surface area is 162 Å². The third-order valence-electron chi connectivity index (χ3n) is 3.69. The molecule has 0 aliphatic heterocycles. The molecule has 0 aliphatic carbocycles. The van der Waals surface area contributed by atoms with Crippen LogP contribution in [0.2, 0.25) is 0 Å². The van der Waals surface area contributed by atoms with E-state index in [2.05, 4.69) is 20.6 Å². The van der Waals surface area contributed by atoms with Crippen LogP contribution in [0.25, 0.3) is 0 Å². The lowest BCUT2D eigenvalue weighted by Gasteiger charge is -2.15. The van der Waals surface area contributed by atoms with Gasteiger partial charge in [-0.2, -0.15) is 0 Å². The molecule has 0 spiro atoms. The van der Waals surface area contributed by atoms with E-state index in [1.54, 1.807) is 37.3 Å². The first-order valence-electron chi connectivity index (χ1n) is 8.86. The van der Waals surface area contributed by atoms with Gasteiger partial charge in [0, 0.05) is 11.4 Å². The van der Waals surface area contributed by atoms with Crippen molar-refractivity contribution in [3.8, 4) is 5.75 Å². The number of aromatic nitrogens is 2. The second kappa shape index (κ2) is 8.47. The molecule has 0 aliphatic rings. The average molecular weight is 380 g/mol. The van der Waals surface area contributed by atoms with Crippen LogP contribution in [0.5, 0.6) is 5.75 Å². The summed E-state index contributed by atoms with van der Waals surface area (Å²) < 4.78 is 18.8. The SMILES string of the molecule is Cc1cc(C(=O)Nc2ccccc2OC(C)C)nc(Nc2ccc(F)cc2)n1. The van der Waals surface area contributed by atoms with E-state index in [9.17, 15) is 9.18 Å². The van der Waals surface area contributed by atoms with E-state index in [4.69, 9.17) is 4.74 Å². The Hall–Kier alpha value is -3.48. The summed E-state index contributed by atoms with van der Waals surface area (Å²) in [4.78, 5) is 21.3. The fourth-order valence-electron chi connectivity index (χ4n) is 2.52. The first kappa shape index (κ1) is 19.3. The molecule has 0 saturated carbocycles. The lowest BCUT2D eigenvalue weighted by Crippen LogP contribution is -2.17. The summed E-state index contributed by atoms with van der Waals surface area (Å²) in [5.74, 6) is 0.121. The number of carbonyl (C=O) groups is 1. The Morgan fingerprint density at radius 1 is 1.07 bits per heavy atom. The van der Waals surface area contributed by atoms with Crippen molar-refractivity contribution in [1.29, 1.82) is 0 Å². The number of aryl methyl sites for hydroxylation is 1. The van der Waals surface area contributed by atoms with Crippen LogP contribution >= 0.6 is 0 Å². The monoisotopic (exact) mass is 380 g/mol. The maximum atomic E-state index is 13.1. The molecule has 2 aromatic carbocycles. The van der Waals surface area contributed by atoms with Crippen LogP contribution in [0.15, 0.2) is 54.6 Å². The number of hydrogen-bond donors (Lipinski definition) is 2. The first-order valence-corrected chi connectivity index (χ1v) is 8.86. The lowest BCUT2D eigenvalue weighted by molar-refractivity contribution is 0.102. The Bertz CT molecular complexity index is 974. The summed E-state index contributed by atoms with van der Waals surface area (Å²) in [5, 5.41) is 5.80. The standard InChI is InChI=1S/C21H21FN4O2/c1-13(2)28-19-7-5-4-6-17(19)25-20(27)18-12-14(3)23-21(26-18)24-16-10-8-15(22)9-11-16/h4-13H,1-3H3,(H,25,27)(H,23,24,26). The molecule has 0 fully saturated rings. The highest BCUT2D eigenvalue weighted by Crippen LogP contribution is 2.25. The third-order valence-corrected chi connectivity index (χ3v) is 3.69. The van der Waals surface area contributed by atoms with Crippen molar-refractivity contribution >= 4 is 23.2 Å². The topological polar surface area (TPSA) is 76.1 Å². The van der Waals surface area contributed by atoms with Crippen LogP contribution in [0, 0.1) is 12.7 Å². The number of hydrogen-bond acceptors (Lipinski definition) is 5. The summed E-state index contributed by atoms with van der Waals surface area (Å²) in [7, 11) is 0. The van der Waals surface area contributed by atoms with Crippen molar-refractivity contribution in [1.82, 2.24) is 9.97 Å². The quantitative estimate of drug-likeness (QED) is 0.648. The van der Waals surface area contributed by atoms with Crippen LogP contribution in [0.3, 0.4) is 0 Å². The zero-order valence-electron chi connectivity index (χ0n) is 15.9. The summed E-state index contributed by atoms with van der Waals surface area (Å²) in [6, 6.07) is 14.6. The number of carbonyl (C=O) groups excluding carboxylic acids is 1. The number of rotatable bonds is 6. The van der Waals surface area contributed by atoms with Gasteiger partial charge in [0.2, 0.25) is 5.95 Å². The number of ether oxygens (including phenoxy) is 1. The second-order valence-corrected chi connectivity index (χ2v) is 6.47. The molecule has 3 aromatic rings. The van der Waals surface area contributed by atoms with Gasteiger partial charge in [0.1, 0.15) is 17.3 Å². The number of para-hydroxylation sites is 2. The van der Waals surface area contributed by atoms with Crippen molar-refractivity contribution in [2.75, 3.05) is 10.6 Å². The number of anilines is 3. The summed E-state index contributed by atoms with van der Waals surface area (Å²) >= 11 is 0. The molecule has 6 nitrogen and oxygen atoms in total. The first-order chi connectivity index (χ1) is 13.4. The Kier molecular flexibility index (Phi) is 5.84. The van der Waals surface area contributed by atoms with E-state index < -0.39 is 0 Å². The zero-order valence-corrected chi connectivity index (χ0v) is 15.9. The van der Waals surface area contributed by atoms with Gasteiger partial charge in [-0.15, -0.1) is 0 Å². The van der Waals surface area contributed by atoms with Gasteiger partial charge < -0.3 is 15.4 Å². The molecule has 28 heavy (non-hydrogen) atoms. The van der Waals surface area contributed by atoms with Crippen molar-refractivity contribution in [3.05, 3.63) is 71.8 Å². The predicted molar refractivity (Wildman–Crippen MR) is 107 cm³/mol. The largest absolute Gasteiger partial charge is 0.489 e. The van der Waals surface area contributed by atoms with E-state index >= 15 is 0 Å². The highest BCUT2D eigenvalue weighted by Gasteiger charge is 2.14. The van der Waals surface area contributed by atoms with E-state index in [1.165, 1.54) is 12.1 Å². The van der Waals surface area contributed by atoms with Gasteiger partial charge in [0.25, 0.3) is 5.91 Å². The number of benzene rings is 2. The molecule has 0 unspecified atom stereocenters. The molecule has 0 radical (unpaired) electrons. The fourth-order valence-corrected chi connectivity index (χ4v) is 2.52. The number of nitrogens with zero attached hydrogens (tertiary/aromatic N) is 2. The predicted octanol–water partition coefficient (Wildman–Crippen LogP) is 4.71. The highest BCUT2D eigenvalue weighted by atomic mass is 19.1. The number of halogens is 1. The zero-order chi connectivity index (χ0) is 20.1. The minimum atomic E-state index is -0.382. The fraction of sp³-hybridized carbons (Fsp3) is 0.190. The number of nitrogens with one attached hydrogen (secondary N) is 2. The average Bonchev–Trinajstić information content (AvgIpc) is 2.64. The van der Waals surface area contributed by atoms with Crippen LogP contribution in [-0.2, 0) is 0 Å². The molecule has 0 saturated heterocycles. The molecule has 3 rings (SSSR count). The molecular formula is C21H21FN4O2. The van der Waals surface area contributed by atoms with E-state index in [0.29, 0.717) is 22.8 Å². The van der Waals surface area contributed by atoms with Gasteiger partial charge >= 0.3 is 0 Å². The van der Waals surface area contributed by atoms with Crippen LogP contribution in [-0.4, -0.2) is 22.0 Å². The van der Waals surface area contributed by atoms with Crippen LogP contribution < -0.4 is 15.4 Å². The van der Waals surface area contributed by atoms with E-state index in [-0.39, 0.29) is 29.5 Å². The minimum Gasteiger partial charge on any atom is -0.489 e. The second-order valence-electron chi connectivity index (χ2n) is 6.47. The highest BCUT2D eigenvalue weighted by molar-refractivity contribution is 6.03. The molecule has 0 atom stereocenters. The Morgan fingerprint density at radius 2 is 1.79 bits per heavy atom. The molecule has 1 aromatic heterocycles. The molecule has 2 N–H and O–H groups in total. The molecular weight excluding hydrogens is 359 g/mol. The van der Waals surface area contributed by atoms with Crippen LogP contribution in [0.4, 0.5) is 21.7 Å².